The number of imide groups is 1. The zero-order valence-electron chi connectivity index (χ0n) is 9.61. The van der Waals surface area contributed by atoms with Crippen LogP contribution in [0.3, 0.4) is 0 Å². The molecule has 0 saturated carbocycles. The van der Waals surface area contributed by atoms with Crippen molar-refractivity contribution in [1.82, 2.24) is 10.2 Å². The summed E-state index contributed by atoms with van der Waals surface area (Å²) in [5.74, 6) is -0.361. The third kappa shape index (κ3) is 3.46. The summed E-state index contributed by atoms with van der Waals surface area (Å²) in [4.78, 5) is 24.0. The highest BCUT2D eigenvalue weighted by Gasteiger charge is 2.28. The molecule has 6 nitrogen and oxygen atoms in total. The largest absolute Gasteiger partial charge is 0.351 e. The number of hydrogen-bond donors (Lipinski definition) is 3. The standard InChI is InChI=1S/C10H20N4O2/c1-7-3-2-4-8(5-11)14(7)6-9(15)13-10(12)16/h7-8H,2-6,11H2,1H3,(H3,12,13,15,16). The maximum absolute atomic E-state index is 11.4. The van der Waals surface area contributed by atoms with E-state index in [0.717, 1.165) is 19.3 Å². The minimum Gasteiger partial charge on any atom is -0.351 e. The third-order valence-electron chi connectivity index (χ3n) is 3.06. The average Bonchev–Trinajstić information content (AvgIpc) is 2.20. The van der Waals surface area contributed by atoms with Gasteiger partial charge in [0.2, 0.25) is 5.91 Å². The van der Waals surface area contributed by atoms with Gasteiger partial charge in [-0.2, -0.15) is 0 Å². The van der Waals surface area contributed by atoms with Crippen LogP contribution in [0.2, 0.25) is 0 Å². The monoisotopic (exact) mass is 228 g/mol. The Morgan fingerprint density at radius 3 is 2.69 bits per heavy atom. The fourth-order valence-corrected chi connectivity index (χ4v) is 2.22. The molecule has 1 saturated heterocycles. The van der Waals surface area contributed by atoms with Crippen LogP contribution in [0.4, 0.5) is 4.79 Å². The van der Waals surface area contributed by atoms with Crippen LogP contribution in [0, 0.1) is 0 Å². The van der Waals surface area contributed by atoms with Gasteiger partial charge in [-0.1, -0.05) is 6.42 Å². The molecule has 1 heterocycles. The van der Waals surface area contributed by atoms with E-state index in [2.05, 4.69) is 12.2 Å². The number of nitrogens with two attached hydrogens (primary N) is 2. The zero-order valence-corrected chi connectivity index (χ0v) is 9.61. The summed E-state index contributed by atoms with van der Waals surface area (Å²) >= 11 is 0. The summed E-state index contributed by atoms with van der Waals surface area (Å²) in [6.07, 6.45) is 3.20. The quantitative estimate of drug-likeness (QED) is 0.599. The number of primary amides is 1. The first-order chi connectivity index (χ1) is 7.54. The van der Waals surface area contributed by atoms with Crippen LogP contribution in [-0.2, 0) is 4.79 Å². The van der Waals surface area contributed by atoms with E-state index in [4.69, 9.17) is 11.5 Å². The highest BCUT2D eigenvalue weighted by molar-refractivity contribution is 5.94. The Morgan fingerprint density at radius 1 is 1.44 bits per heavy atom. The molecule has 1 aliphatic heterocycles. The molecule has 92 valence electrons. The molecule has 0 aromatic carbocycles. The van der Waals surface area contributed by atoms with E-state index in [1.165, 1.54) is 0 Å². The number of amides is 3. The fraction of sp³-hybridized carbons (Fsp3) is 0.800. The molecule has 3 amide bonds. The van der Waals surface area contributed by atoms with Crippen molar-refractivity contribution in [3.63, 3.8) is 0 Å². The molecule has 1 rings (SSSR count). The molecule has 16 heavy (non-hydrogen) atoms. The van der Waals surface area contributed by atoms with Crippen LogP contribution in [-0.4, -0.2) is 42.0 Å². The molecule has 0 spiro atoms. The summed E-state index contributed by atoms with van der Waals surface area (Å²) in [6, 6.07) is -0.262. The number of carbonyl (C=O) groups excluding carboxylic acids is 2. The SMILES string of the molecule is CC1CCCC(CN)N1CC(=O)NC(N)=O. The second-order valence-corrected chi connectivity index (χ2v) is 4.25. The molecule has 0 radical (unpaired) electrons. The maximum Gasteiger partial charge on any atom is 0.318 e. The molecule has 2 atom stereocenters. The van der Waals surface area contributed by atoms with E-state index < -0.39 is 6.03 Å². The zero-order chi connectivity index (χ0) is 12.1. The molecular weight excluding hydrogens is 208 g/mol. The van der Waals surface area contributed by atoms with Crippen molar-refractivity contribution >= 4 is 11.9 Å². The van der Waals surface area contributed by atoms with Crippen LogP contribution in [0.25, 0.3) is 0 Å². The van der Waals surface area contributed by atoms with Crippen molar-refractivity contribution < 1.29 is 9.59 Å². The molecule has 2 unspecified atom stereocenters. The molecule has 5 N–H and O–H groups in total. The number of urea groups is 1. The number of nitrogens with zero attached hydrogens (tertiary/aromatic N) is 1. The topological polar surface area (TPSA) is 101 Å². The van der Waals surface area contributed by atoms with Crippen molar-refractivity contribution in [2.45, 2.75) is 38.3 Å². The van der Waals surface area contributed by atoms with Gasteiger partial charge in [-0.25, -0.2) is 4.79 Å². The summed E-state index contributed by atoms with van der Waals surface area (Å²) < 4.78 is 0. The van der Waals surface area contributed by atoms with E-state index in [9.17, 15) is 9.59 Å². The summed E-state index contributed by atoms with van der Waals surface area (Å²) in [6.45, 7) is 2.79. The highest BCUT2D eigenvalue weighted by Crippen LogP contribution is 2.21. The molecule has 0 aromatic rings. The normalized spacial score (nSPS) is 26.4. The Morgan fingerprint density at radius 2 is 2.12 bits per heavy atom. The number of rotatable bonds is 3. The molecule has 0 bridgehead atoms. The Labute approximate surface area is 95.3 Å². The lowest BCUT2D eigenvalue weighted by Gasteiger charge is -2.39. The lowest BCUT2D eigenvalue weighted by molar-refractivity contribution is -0.122. The van der Waals surface area contributed by atoms with Gasteiger partial charge in [-0.15, -0.1) is 0 Å². The van der Waals surface area contributed by atoms with Gasteiger partial charge >= 0.3 is 6.03 Å². The summed E-state index contributed by atoms with van der Waals surface area (Å²) in [5, 5.41) is 2.07. The van der Waals surface area contributed by atoms with Crippen LogP contribution >= 0.6 is 0 Å². The number of nitrogens with one attached hydrogen (secondary N) is 1. The van der Waals surface area contributed by atoms with Gasteiger partial charge in [-0.3, -0.25) is 15.0 Å². The van der Waals surface area contributed by atoms with E-state index in [1.54, 1.807) is 0 Å². The molecular formula is C10H20N4O2. The Hall–Kier alpha value is -1.14. The first-order valence-corrected chi connectivity index (χ1v) is 5.59. The number of hydrogen-bond acceptors (Lipinski definition) is 4. The minimum atomic E-state index is -0.807. The van der Waals surface area contributed by atoms with Gasteiger partial charge < -0.3 is 11.5 Å². The molecule has 1 aliphatic rings. The van der Waals surface area contributed by atoms with Gasteiger partial charge in [0.25, 0.3) is 0 Å². The van der Waals surface area contributed by atoms with E-state index in [-0.39, 0.29) is 18.5 Å². The predicted molar refractivity (Wildman–Crippen MR) is 60.6 cm³/mol. The fourth-order valence-electron chi connectivity index (χ4n) is 2.22. The first kappa shape index (κ1) is 12.9. The van der Waals surface area contributed by atoms with Crippen molar-refractivity contribution in [2.75, 3.05) is 13.1 Å². The van der Waals surface area contributed by atoms with Gasteiger partial charge in [0.05, 0.1) is 6.54 Å². The maximum atomic E-state index is 11.4. The Bertz CT molecular complexity index is 270. The number of piperidine rings is 1. The number of carbonyl (C=O) groups is 2. The van der Waals surface area contributed by atoms with Crippen molar-refractivity contribution in [1.29, 1.82) is 0 Å². The van der Waals surface area contributed by atoms with Crippen LogP contribution < -0.4 is 16.8 Å². The van der Waals surface area contributed by atoms with Crippen molar-refractivity contribution in [3.8, 4) is 0 Å². The third-order valence-corrected chi connectivity index (χ3v) is 3.06. The van der Waals surface area contributed by atoms with Gasteiger partial charge in [0, 0.05) is 18.6 Å². The van der Waals surface area contributed by atoms with Gasteiger partial charge in [0.15, 0.2) is 0 Å². The Balaban J connectivity index is 2.54. The molecule has 6 heteroatoms. The molecule has 0 aliphatic carbocycles. The second kappa shape index (κ2) is 5.81. The lowest BCUT2D eigenvalue weighted by atomic mass is 9.96. The van der Waals surface area contributed by atoms with E-state index in [1.807, 2.05) is 4.90 Å². The van der Waals surface area contributed by atoms with E-state index in [0.29, 0.717) is 12.6 Å². The molecule has 0 aromatic heterocycles. The predicted octanol–water partition coefficient (Wildman–Crippen LogP) is -0.617. The summed E-state index contributed by atoms with van der Waals surface area (Å²) in [5.41, 5.74) is 10.6. The average molecular weight is 228 g/mol. The van der Waals surface area contributed by atoms with Crippen LogP contribution in [0.15, 0.2) is 0 Å². The van der Waals surface area contributed by atoms with E-state index >= 15 is 0 Å². The Kier molecular flexibility index (Phi) is 4.70. The van der Waals surface area contributed by atoms with Gasteiger partial charge in [-0.05, 0) is 19.8 Å². The first-order valence-electron chi connectivity index (χ1n) is 5.59. The summed E-state index contributed by atoms with van der Waals surface area (Å²) in [7, 11) is 0. The highest BCUT2D eigenvalue weighted by atomic mass is 16.2. The van der Waals surface area contributed by atoms with Crippen molar-refractivity contribution in [2.24, 2.45) is 11.5 Å². The minimum absolute atomic E-state index is 0.186. The van der Waals surface area contributed by atoms with Crippen molar-refractivity contribution in [3.05, 3.63) is 0 Å². The van der Waals surface area contributed by atoms with Crippen LogP contribution in [0.5, 0.6) is 0 Å². The smallest absolute Gasteiger partial charge is 0.318 e. The number of likely N-dealkylation sites (tertiary alicyclic amines) is 1. The molecule has 1 fully saturated rings. The lowest BCUT2D eigenvalue weighted by Crippen LogP contribution is -2.53. The van der Waals surface area contributed by atoms with Gasteiger partial charge in [0.1, 0.15) is 0 Å². The van der Waals surface area contributed by atoms with Crippen LogP contribution in [0.1, 0.15) is 26.2 Å². The second-order valence-electron chi connectivity index (χ2n) is 4.25.